The molecule has 0 saturated heterocycles. The molecule has 1 N–H and O–H groups in total. The van der Waals surface area contributed by atoms with E-state index in [2.05, 4.69) is 21.6 Å². The number of nitrogens with zero attached hydrogens (tertiary/aromatic N) is 3. The van der Waals surface area contributed by atoms with E-state index in [-0.39, 0.29) is 5.25 Å². The molecule has 14 heavy (non-hydrogen) atoms. The maximum absolute atomic E-state index is 8.63. The number of nitrogens with one attached hydrogen (secondary N) is 1. The molecule has 0 radical (unpaired) electrons. The lowest BCUT2D eigenvalue weighted by atomic mass is 10.5. The molecule has 1 aliphatic rings. The van der Waals surface area contributed by atoms with Crippen LogP contribution in [-0.4, -0.2) is 21.5 Å². The summed E-state index contributed by atoms with van der Waals surface area (Å²) in [5, 5.41) is 20.7. The summed E-state index contributed by atoms with van der Waals surface area (Å²) in [6.07, 6.45) is 2.47. The molecule has 1 unspecified atom stereocenters. The minimum atomic E-state index is -0.0586. The lowest BCUT2D eigenvalue weighted by Gasteiger charge is -1.95. The second kappa shape index (κ2) is 4.15. The van der Waals surface area contributed by atoms with Crippen LogP contribution in [0.4, 0.5) is 5.13 Å². The number of anilines is 1. The Labute approximate surface area is 90.7 Å². The standard InChI is InChI=1S/C8H10N4S2/c1-5(4-9)13-8-12-11-7(14-8)10-6-2-3-6/h5-6H,2-3H2,1H3,(H,10,11). The Hall–Kier alpha value is -0.800. The zero-order chi connectivity index (χ0) is 9.97. The highest BCUT2D eigenvalue weighted by Gasteiger charge is 2.22. The summed E-state index contributed by atoms with van der Waals surface area (Å²) < 4.78 is 0.863. The van der Waals surface area contributed by atoms with Gasteiger partial charge in [-0.3, -0.25) is 0 Å². The first-order valence-corrected chi connectivity index (χ1v) is 6.14. The van der Waals surface area contributed by atoms with E-state index in [0.717, 1.165) is 9.47 Å². The lowest BCUT2D eigenvalue weighted by molar-refractivity contribution is 0.992. The molecule has 1 aromatic heterocycles. The minimum Gasteiger partial charge on any atom is -0.357 e. The van der Waals surface area contributed by atoms with Crippen molar-refractivity contribution in [2.24, 2.45) is 0 Å². The number of aromatic nitrogens is 2. The third-order valence-corrected chi connectivity index (χ3v) is 3.70. The summed E-state index contributed by atoms with van der Waals surface area (Å²) in [6, 6.07) is 2.76. The predicted octanol–water partition coefficient (Wildman–Crippen LogP) is 2.12. The van der Waals surface area contributed by atoms with Crippen molar-refractivity contribution in [3.63, 3.8) is 0 Å². The Kier molecular flexibility index (Phi) is 2.89. The molecule has 0 bridgehead atoms. The van der Waals surface area contributed by atoms with Crippen molar-refractivity contribution in [3.05, 3.63) is 0 Å². The van der Waals surface area contributed by atoms with Gasteiger partial charge in [0, 0.05) is 6.04 Å². The first kappa shape index (κ1) is 9.74. The van der Waals surface area contributed by atoms with Gasteiger partial charge in [-0.25, -0.2) is 0 Å². The number of nitriles is 1. The van der Waals surface area contributed by atoms with E-state index in [1.54, 1.807) is 0 Å². The fourth-order valence-corrected chi connectivity index (χ4v) is 2.76. The molecule has 0 aliphatic heterocycles. The Morgan fingerprint density at radius 3 is 3.07 bits per heavy atom. The van der Waals surface area contributed by atoms with Crippen LogP contribution >= 0.6 is 23.1 Å². The Balaban J connectivity index is 1.92. The average Bonchev–Trinajstić information content (AvgIpc) is 2.87. The Morgan fingerprint density at radius 1 is 1.64 bits per heavy atom. The van der Waals surface area contributed by atoms with Gasteiger partial charge < -0.3 is 5.32 Å². The summed E-state index contributed by atoms with van der Waals surface area (Å²) in [4.78, 5) is 0. The average molecular weight is 226 g/mol. The van der Waals surface area contributed by atoms with Crippen LogP contribution in [0.15, 0.2) is 4.34 Å². The van der Waals surface area contributed by atoms with Crippen molar-refractivity contribution in [2.75, 3.05) is 5.32 Å². The van der Waals surface area contributed by atoms with Crippen molar-refractivity contribution in [3.8, 4) is 6.07 Å². The summed E-state index contributed by atoms with van der Waals surface area (Å²) in [5.41, 5.74) is 0. The molecule has 4 nitrogen and oxygen atoms in total. The van der Waals surface area contributed by atoms with Crippen molar-refractivity contribution < 1.29 is 0 Å². The van der Waals surface area contributed by atoms with Crippen molar-refractivity contribution in [1.29, 1.82) is 5.26 Å². The van der Waals surface area contributed by atoms with Gasteiger partial charge in [-0.1, -0.05) is 23.1 Å². The third-order valence-electron chi connectivity index (χ3n) is 1.77. The maximum atomic E-state index is 8.63. The third kappa shape index (κ3) is 2.59. The highest BCUT2D eigenvalue weighted by Crippen LogP contribution is 2.31. The summed E-state index contributed by atoms with van der Waals surface area (Å²) >= 11 is 2.98. The van der Waals surface area contributed by atoms with E-state index in [4.69, 9.17) is 5.26 Å². The van der Waals surface area contributed by atoms with Crippen LogP contribution in [0.25, 0.3) is 0 Å². The Morgan fingerprint density at radius 2 is 2.43 bits per heavy atom. The van der Waals surface area contributed by atoms with E-state index in [1.165, 1.54) is 35.9 Å². The number of thioether (sulfide) groups is 1. The van der Waals surface area contributed by atoms with Crippen LogP contribution in [0.5, 0.6) is 0 Å². The summed E-state index contributed by atoms with van der Waals surface area (Å²) in [5.74, 6) is 0. The number of hydrogen-bond acceptors (Lipinski definition) is 6. The van der Waals surface area contributed by atoms with Gasteiger partial charge in [0.15, 0.2) is 4.34 Å². The van der Waals surface area contributed by atoms with Gasteiger partial charge in [0.2, 0.25) is 5.13 Å². The lowest BCUT2D eigenvalue weighted by Crippen LogP contribution is -1.99. The monoisotopic (exact) mass is 226 g/mol. The number of rotatable bonds is 4. The largest absolute Gasteiger partial charge is 0.357 e. The summed E-state index contributed by atoms with van der Waals surface area (Å²) in [6.45, 7) is 1.86. The number of hydrogen-bond donors (Lipinski definition) is 1. The molecule has 1 atom stereocenters. The van der Waals surface area contributed by atoms with Gasteiger partial charge in [-0.05, 0) is 19.8 Å². The zero-order valence-electron chi connectivity index (χ0n) is 7.73. The first-order chi connectivity index (χ1) is 6.78. The second-order valence-electron chi connectivity index (χ2n) is 3.18. The molecule has 0 spiro atoms. The van der Waals surface area contributed by atoms with Crippen LogP contribution in [0.3, 0.4) is 0 Å². The quantitative estimate of drug-likeness (QED) is 0.797. The minimum absolute atomic E-state index is 0.0586. The van der Waals surface area contributed by atoms with Crippen LogP contribution < -0.4 is 5.32 Å². The van der Waals surface area contributed by atoms with Crippen LogP contribution in [-0.2, 0) is 0 Å². The van der Waals surface area contributed by atoms with E-state index in [0.29, 0.717) is 6.04 Å². The van der Waals surface area contributed by atoms with E-state index in [1.807, 2.05) is 6.92 Å². The fraction of sp³-hybridized carbons (Fsp3) is 0.625. The molecule has 0 amide bonds. The second-order valence-corrected chi connectivity index (χ2v) is 5.75. The smallest absolute Gasteiger partial charge is 0.206 e. The molecule has 1 fully saturated rings. The van der Waals surface area contributed by atoms with Crippen molar-refractivity contribution >= 4 is 28.2 Å². The SMILES string of the molecule is CC(C#N)Sc1nnc(NC2CC2)s1. The topological polar surface area (TPSA) is 61.6 Å². The van der Waals surface area contributed by atoms with Gasteiger partial charge in [-0.2, -0.15) is 5.26 Å². The predicted molar refractivity (Wildman–Crippen MR) is 57.5 cm³/mol. The van der Waals surface area contributed by atoms with E-state index in [9.17, 15) is 0 Å². The van der Waals surface area contributed by atoms with Gasteiger partial charge in [0.1, 0.15) is 0 Å². The first-order valence-electron chi connectivity index (χ1n) is 4.44. The van der Waals surface area contributed by atoms with Gasteiger partial charge >= 0.3 is 0 Å². The molecule has 6 heteroatoms. The van der Waals surface area contributed by atoms with E-state index < -0.39 is 0 Å². The molecular weight excluding hydrogens is 216 g/mol. The molecule has 0 aromatic carbocycles. The molecular formula is C8H10N4S2. The molecule has 74 valence electrons. The van der Waals surface area contributed by atoms with Crippen LogP contribution in [0.2, 0.25) is 0 Å². The maximum Gasteiger partial charge on any atom is 0.206 e. The van der Waals surface area contributed by atoms with Crippen molar-refractivity contribution in [2.45, 2.75) is 35.4 Å². The molecule has 1 aliphatic carbocycles. The van der Waals surface area contributed by atoms with Crippen molar-refractivity contribution in [1.82, 2.24) is 10.2 Å². The van der Waals surface area contributed by atoms with Crippen LogP contribution in [0.1, 0.15) is 19.8 Å². The fourth-order valence-electron chi connectivity index (χ4n) is 0.896. The van der Waals surface area contributed by atoms with Gasteiger partial charge in [-0.15, -0.1) is 10.2 Å². The molecule has 2 rings (SSSR count). The normalized spacial score (nSPS) is 17.4. The molecule has 1 saturated carbocycles. The van der Waals surface area contributed by atoms with Gasteiger partial charge in [0.05, 0.1) is 11.3 Å². The molecule has 1 aromatic rings. The zero-order valence-corrected chi connectivity index (χ0v) is 9.36. The van der Waals surface area contributed by atoms with Gasteiger partial charge in [0.25, 0.3) is 0 Å². The highest BCUT2D eigenvalue weighted by molar-refractivity contribution is 8.01. The highest BCUT2D eigenvalue weighted by atomic mass is 32.2. The van der Waals surface area contributed by atoms with Crippen LogP contribution in [0, 0.1) is 11.3 Å². The van der Waals surface area contributed by atoms with E-state index >= 15 is 0 Å². The summed E-state index contributed by atoms with van der Waals surface area (Å²) in [7, 11) is 0. The molecule has 1 heterocycles. The Bertz CT molecular complexity index is 352.